The lowest BCUT2D eigenvalue weighted by molar-refractivity contribution is 0.0947. The van der Waals surface area contributed by atoms with E-state index in [1.807, 2.05) is 0 Å². The summed E-state index contributed by atoms with van der Waals surface area (Å²) in [7, 11) is 2.15. The molecule has 0 saturated heterocycles. The summed E-state index contributed by atoms with van der Waals surface area (Å²) in [6.45, 7) is 5.92. The lowest BCUT2D eigenvalue weighted by Crippen LogP contribution is -2.53. The minimum absolute atomic E-state index is 0.739. The van der Waals surface area contributed by atoms with Crippen LogP contribution in [-0.4, -0.2) is 36.6 Å². The molecular formula is C15H30N2. The number of hydrogen-bond acceptors (Lipinski definition) is 2. The maximum Gasteiger partial charge on any atom is 0.0254 e. The zero-order valence-electron chi connectivity index (χ0n) is 11.9. The molecule has 0 amide bonds. The molecule has 0 aromatic carbocycles. The van der Waals surface area contributed by atoms with Gasteiger partial charge in [0.05, 0.1) is 0 Å². The second kappa shape index (κ2) is 6.19. The third-order valence-corrected chi connectivity index (χ3v) is 4.80. The molecule has 0 bridgehead atoms. The van der Waals surface area contributed by atoms with Gasteiger partial charge in [0.25, 0.3) is 0 Å². The molecule has 0 spiro atoms. The molecule has 100 valence electrons. The van der Waals surface area contributed by atoms with E-state index in [2.05, 4.69) is 31.1 Å². The Hall–Kier alpha value is -0.0800. The van der Waals surface area contributed by atoms with Crippen LogP contribution in [-0.2, 0) is 0 Å². The highest BCUT2D eigenvalue weighted by molar-refractivity contribution is 4.96. The third-order valence-electron chi connectivity index (χ3n) is 4.80. The fourth-order valence-electron chi connectivity index (χ4n) is 3.77. The van der Waals surface area contributed by atoms with Gasteiger partial charge >= 0.3 is 0 Å². The standard InChI is InChI=1S/C15H30N2/c1-4-6-12-7-10-14(16-3)15(11-12)17(5-2)13-8-9-13/h12-16H,4-11H2,1-3H3. The second-order valence-electron chi connectivity index (χ2n) is 5.99. The van der Waals surface area contributed by atoms with Crippen molar-refractivity contribution in [2.24, 2.45) is 5.92 Å². The number of rotatable bonds is 6. The highest BCUT2D eigenvalue weighted by Crippen LogP contribution is 2.36. The summed E-state index contributed by atoms with van der Waals surface area (Å²) in [6.07, 6.45) is 9.95. The smallest absolute Gasteiger partial charge is 0.0254 e. The summed E-state index contributed by atoms with van der Waals surface area (Å²) in [6, 6.07) is 2.47. The van der Waals surface area contributed by atoms with E-state index in [1.54, 1.807) is 0 Å². The van der Waals surface area contributed by atoms with Crippen molar-refractivity contribution in [2.45, 2.75) is 76.9 Å². The van der Waals surface area contributed by atoms with Crippen molar-refractivity contribution in [1.29, 1.82) is 0 Å². The van der Waals surface area contributed by atoms with Crippen molar-refractivity contribution in [3.05, 3.63) is 0 Å². The molecule has 0 radical (unpaired) electrons. The van der Waals surface area contributed by atoms with Gasteiger partial charge in [0.2, 0.25) is 0 Å². The Balaban J connectivity index is 1.97. The van der Waals surface area contributed by atoms with Crippen LogP contribution in [0.2, 0.25) is 0 Å². The number of nitrogens with one attached hydrogen (secondary N) is 1. The summed E-state index contributed by atoms with van der Waals surface area (Å²) < 4.78 is 0. The first-order valence-corrected chi connectivity index (χ1v) is 7.73. The fraction of sp³-hybridized carbons (Fsp3) is 1.00. The molecule has 0 aromatic heterocycles. The molecule has 2 fully saturated rings. The van der Waals surface area contributed by atoms with Crippen molar-refractivity contribution in [2.75, 3.05) is 13.6 Å². The monoisotopic (exact) mass is 238 g/mol. The average molecular weight is 238 g/mol. The van der Waals surface area contributed by atoms with Crippen LogP contribution >= 0.6 is 0 Å². The predicted molar refractivity (Wildman–Crippen MR) is 74.3 cm³/mol. The lowest BCUT2D eigenvalue weighted by Gasteiger charge is -2.42. The molecule has 2 rings (SSSR count). The molecule has 0 aliphatic heterocycles. The summed E-state index contributed by atoms with van der Waals surface area (Å²) >= 11 is 0. The van der Waals surface area contributed by atoms with E-state index in [0.717, 1.165) is 24.0 Å². The summed E-state index contributed by atoms with van der Waals surface area (Å²) in [5, 5.41) is 3.57. The van der Waals surface area contributed by atoms with Crippen molar-refractivity contribution < 1.29 is 0 Å². The predicted octanol–water partition coefficient (Wildman–Crippen LogP) is 3.03. The maximum absolute atomic E-state index is 3.57. The lowest BCUT2D eigenvalue weighted by atomic mass is 9.79. The Labute approximate surface area is 107 Å². The Kier molecular flexibility index (Phi) is 4.87. The van der Waals surface area contributed by atoms with Crippen LogP contribution in [0.25, 0.3) is 0 Å². The zero-order valence-corrected chi connectivity index (χ0v) is 11.9. The molecule has 17 heavy (non-hydrogen) atoms. The molecule has 2 saturated carbocycles. The van der Waals surface area contributed by atoms with Crippen LogP contribution in [0.3, 0.4) is 0 Å². The first-order chi connectivity index (χ1) is 8.30. The largest absolute Gasteiger partial charge is 0.315 e. The number of hydrogen-bond donors (Lipinski definition) is 1. The molecular weight excluding hydrogens is 208 g/mol. The Bertz CT molecular complexity index is 225. The highest BCUT2D eigenvalue weighted by Gasteiger charge is 2.39. The zero-order chi connectivity index (χ0) is 12.3. The van der Waals surface area contributed by atoms with Gasteiger partial charge in [-0.2, -0.15) is 0 Å². The molecule has 2 nitrogen and oxygen atoms in total. The van der Waals surface area contributed by atoms with Gasteiger partial charge in [-0.3, -0.25) is 4.90 Å². The van der Waals surface area contributed by atoms with Crippen LogP contribution in [0.1, 0.15) is 58.8 Å². The van der Waals surface area contributed by atoms with Crippen molar-refractivity contribution in [3.63, 3.8) is 0 Å². The van der Waals surface area contributed by atoms with Gasteiger partial charge in [-0.25, -0.2) is 0 Å². The highest BCUT2D eigenvalue weighted by atomic mass is 15.2. The maximum atomic E-state index is 3.57. The van der Waals surface area contributed by atoms with E-state index in [9.17, 15) is 0 Å². The van der Waals surface area contributed by atoms with Gasteiger partial charge in [0.15, 0.2) is 0 Å². The van der Waals surface area contributed by atoms with Crippen molar-refractivity contribution >= 4 is 0 Å². The summed E-state index contributed by atoms with van der Waals surface area (Å²) in [5.74, 6) is 0.988. The quantitative estimate of drug-likeness (QED) is 0.765. The molecule has 3 atom stereocenters. The molecule has 1 N–H and O–H groups in total. The van der Waals surface area contributed by atoms with E-state index in [-0.39, 0.29) is 0 Å². The van der Waals surface area contributed by atoms with Gasteiger partial charge in [-0.15, -0.1) is 0 Å². The molecule has 0 heterocycles. The number of likely N-dealkylation sites (N-methyl/N-ethyl adjacent to an activating group) is 2. The Morgan fingerprint density at radius 1 is 1.12 bits per heavy atom. The van der Waals surface area contributed by atoms with Crippen LogP contribution in [0.5, 0.6) is 0 Å². The summed E-state index contributed by atoms with van der Waals surface area (Å²) in [5.41, 5.74) is 0. The first-order valence-electron chi connectivity index (χ1n) is 7.73. The Morgan fingerprint density at radius 2 is 1.88 bits per heavy atom. The van der Waals surface area contributed by atoms with E-state index >= 15 is 0 Å². The third kappa shape index (κ3) is 3.23. The van der Waals surface area contributed by atoms with Gasteiger partial charge < -0.3 is 5.32 Å². The van der Waals surface area contributed by atoms with Crippen LogP contribution < -0.4 is 5.32 Å². The minimum atomic E-state index is 0.739. The van der Waals surface area contributed by atoms with E-state index in [1.165, 1.54) is 51.5 Å². The fourth-order valence-corrected chi connectivity index (χ4v) is 3.77. The normalized spacial score (nSPS) is 34.2. The van der Waals surface area contributed by atoms with Gasteiger partial charge in [0.1, 0.15) is 0 Å². The van der Waals surface area contributed by atoms with E-state index in [0.29, 0.717) is 0 Å². The average Bonchev–Trinajstić information content (AvgIpc) is 3.15. The first kappa shape index (κ1) is 13.4. The molecule has 2 aliphatic carbocycles. The Morgan fingerprint density at radius 3 is 2.41 bits per heavy atom. The van der Waals surface area contributed by atoms with E-state index in [4.69, 9.17) is 0 Å². The molecule has 0 aromatic rings. The topological polar surface area (TPSA) is 15.3 Å². The molecule has 2 aliphatic rings. The molecule has 3 unspecified atom stereocenters. The number of nitrogens with zero attached hydrogens (tertiary/aromatic N) is 1. The second-order valence-corrected chi connectivity index (χ2v) is 5.99. The van der Waals surface area contributed by atoms with Crippen molar-refractivity contribution in [1.82, 2.24) is 10.2 Å². The summed E-state index contributed by atoms with van der Waals surface area (Å²) in [4.78, 5) is 2.79. The van der Waals surface area contributed by atoms with Crippen molar-refractivity contribution in [3.8, 4) is 0 Å². The van der Waals surface area contributed by atoms with E-state index < -0.39 is 0 Å². The van der Waals surface area contributed by atoms with Gasteiger partial charge in [0, 0.05) is 18.1 Å². The molecule has 2 heteroatoms. The van der Waals surface area contributed by atoms with Gasteiger partial charge in [-0.05, 0) is 51.6 Å². The van der Waals surface area contributed by atoms with Crippen LogP contribution in [0, 0.1) is 5.92 Å². The van der Waals surface area contributed by atoms with Crippen LogP contribution in [0.4, 0.5) is 0 Å². The minimum Gasteiger partial charge on any atom is -0.315 e. The van der Waals surface area contributed by atoms with Gasteiger partial charge in [-0.1, -0.05) is 26.7 Å². The van der Waals surface area contributed by atoms with Crippen LogP contribution in [0.15, 0.2) is 0 Å². The SMILES string of the molecule is CCCC1CCC(NC)C(N(CC)C2CC2)C1.